The number of anilines is 2. The number of nitrogens with zero attached hydrogens (tertiary/aromatic N) is 3. The maximum atomic E-state index is 13.5. The number of aryl methyl sites for hydroxylation is 1. The predicted molar refractivity (Wildman–Crippen MR) is 88.1 cm³/mol. The minimum Gasteiger partial charge on any atom is -0.360 e. The van der Waals surface area contributed by atoms with Crippen LogP contribution in [0.15, 0.2) is 47.6 Å². The molecule has 3 N–H and O–H groups in total. The van der Waals surface area contributed by atoms with Crippen molar-refractivity contribution >= 4 is 11.6 Å². The molecule has 1 heterocycles. The van der Waals surface area contributed by atoms with E-state index < -0.39 is 17.3 Å². The molecule has 1 aromatic carbocycles. The molecule has 1 aromatic heterocycles. The third-order valence-electron chi connectivity index (χ3n) is 3.20. The van der Waals surface area contributed by atoms with Crippen LogP contribution in [0.5, 0.6) is 0 Å². The molecule has 0 spiro atoms. The maximum Gasteiger partial charge on any atom is 0.273 e. The molecule has 2 rings (SSSR count). The van der Waals surface area contributed by atoms with Gasteiger partial charge in [0, 0.05) is 31.2 Å². The van der Waals surface area contributed by atoms with Crippen molar-refractivity contribution in [2.24, 2.45) is 5.11 Å². The fraction of sp³-hybridized carbons (Fsp3) is 0.250. The van der Waals surface area contributed by atoms with Gasteiger partial charge in [0.2, 0.25) is 5.95 Å². The maximum absolute atomic E-state index is 13.5. The molecule has 0 amide bonds. The van der Waals surface area contributed by atoms with Crippen molar-refractivity contribution in [1.29, 1.82) is 5.53 Å². The van der Waals surface area contributed by atoms with Gasteiger partial charge in [0.15, 0.2) is 0 Å². The Hall–Kier alpha value is -2.97. The fourth-order valence-corrected chi connectivity index (χ4v) is 1.89. The molecule has 0 radical (unpaired) electrons. The monoisotopic (exact) mass is 350 g/mol. The van der Waals surface area contributed by atoms with Crippen LogP contribution in [0.25, 0.3) is 0 Å². The standard InChI is InChI=1S/C16H17F3N6/c1-10-6-22-15(23-7-10)24-9-12(25-20)8-21-11-3-4-14(17)13(5-11)16(2,18)19/h3-8,20-21H,9H2,1-2H3,(H,22,23,24)/b12-8-,25-20?. The summed E-state index contributed by atoms with van der Waals surface area (Å²) in [6, 6.07) is 3.29. The minimum atomic E-state index is -3.29. The van der Waals surface area contributed by atoms with Crippen LogP contribution >= 0.6 is 0 Å². The van der Waals surface area contributed by atoms with E-state index in [1.165, 1.54) is 12.3 Å². The third kappa shape index (κ3) is 5.27. The van der Waals surface area contributed by atoms with Gasteiger partial charge in [-0.05, 0) is 30.7 Å². The highest BCUT2D eigenvalue weighted by Gasteiger charge is 2.28. The van der Waals surface area contributed by atoms with E-state index in [0.29, 0.717) is 12.9 Å². The molecule has 132 valence electrons. The summed E-state index contributed by atoms with van der Waals surface area (Å²) < 4.78 is 40.2. The van der Waals surface area contributed by atoms with Crippen molar-refractivity contribution in [3.63, 3.8) is 0 Å². The molecule has 0 aliphatic heterocycles. The Labute approximate surface area is 142 Å². The van der Waals surface area contributed by atoms with Crippen molar-refractivity contribution in [3.05, 3.63) is 59.4 Å². The van der Waals surface area contributed by atoms with Gasteiger partial charge in [-0.15, -0.1) is 0 Å². The van der Waals surface area contributed by atoms with Crippen molar-refractivity contribution < 1.29 is 13.2 Å². The molecule has 0 unspecified atom stereocenters. The molecule has 0 saturated carbocycles. The van der Waals surface area contributed by atoms with Crippen molar-refractivity contribution in [2.75, 3.05) is 17.2 Å². The number of alkyl halides is 2. The summed E-state index contributed by atoms with van der Waals surface area (Å²) in [5, 5.41) is 8.94. The summed E-state index contributed by atoms with van der Waals surface area (Å²) in [5.41, 5.74) is 7.89. The van der Waals surface area contributed by atoms with E-state index in [0.717, 1.165) is 17.7 Å². The van der Waals surface area contributed by atoms with Crippen LogP contribution in [-0.2, 0) is 5.92 Å². The van der Waals surface area contributed by atoms with Crippen LogP contribution < -0.4 is 10.6 Å². The molecule has 9 heteroatoms. The molecule has 0 aliphatic rings. The summed E-state index contributed by atoms with van der Waals surface area (Å²) in [4.78, 5) is 8.11. The first-order chi connectivity index (χ1) is 11.8. The fourth-order valence-electron chi connectivity index (χ4n) is 1.89. The SMILES string of the molecule is Cc1cnc(NC/C(=C/Nc2ccc(F)c(C(C)(F)F)c2)N=N)nc1. The number of halogens is 3. The summed E-state index contributed by atoms with van der Waals surface area (Å²) in [6.45, 7) is 2.63. The molecule has 6 nitrogen and oxygen atoms in total. The zero-order chi connectivity index (χ0) is 18.4. The van der Waals surface area contributed by atoms with Gasteiger partial charge in [-0.2, -0.15) is 5.11 Å². The van der Waals surface area contributed by atoms with Crippen LogP contribution in [0, 0.1) is 18.3 Å². The van der Waals surface area contributed by atoms with Crippen LogP contribution in [-0.4, -0.2) is 16.5 Å². The van der Waals surface area contributed by atoms with Crippen LogP contribution in [0.4, 0.5) is 24.8 Å². The number of rotatable bonds is 7. The van der Waals surface area contributed by atoms with E-state index in [9.17, 15) is 13.2 Å². The predicted octanol–water partition coefficient (Wildman–Crippen LogP) is 4.43. The van der Waals surface area contributed by atoms with E-state index >= 15 is 0 Å². The molecule has 0 fully saturated rings. The van der Waals surface area contributed by atoms with Gasteiger partial charge in [-0.25, -0.2) is 28.7 Å². The van der Waals surface area contributed by atoms with Crippen LogP contribution in [0.3, 0.4) is 0 Å². The van der Waals surface area contributed by atoms with E-state index in [1.54, 1.807) is 12.4 Å². The van der Waals surface area contributed by atoms with Crippen molar-refractivity contribution in [1.82, 2.24) is 9.97 Å². The Kier molecular flexibility index (Phi) is 5.68. The Bertz CT molecular complexity index is 768. The molecule has 0 bridgehead atoms. The van der Waals surface area contributed by atoms with Gasteiger partial charge in [-0.3, -0.25) is 0 Å². The van der Waals surface area contributed by atoms with Crippen LogP contribution in [0.2, 0.25) is 0 Å². The molecule has 0 atom stereocenters. The highest BCUT2D eigenvalue weighted by molar-refractivity contribution is 5.49. The topological polar surface area (TPSA) is 86.0 Å². The molecule has 0 aliphatic carbocycles. The smallest absolute Gasteiger partial charge is 0.273 e. The Morgan fingerprint density at radius 3 is 2.60 bits per heavy atom. The summed E-state index contributed by atoms with van der Waals surface area (Å²) in [5.74, 6) is -3.90. The van der Waals surface area contributed by atoms with Crippen molar-refractivity contribution in [3.8, 4) is 0 Å². The Morgan fingerprint density at radius 2 is 2.00 bits per heavy atom. The van der Waals surface area contributed by atoms with E-state index in [-0.39, 0.29) is 17.9 Å². The number of aromatic nitrogens is 2. The second-order valence-corrected chi connectivity index (χ2v) is 5.41. The minimum absolute atomic E-state index is 0.150. The summed E-state index contributed by atoms with van der Waals surface area (Å²) in [7, 11) is 0. The third-order valence-corrected chi connectivity index (χ3v) is 3.20. The Morgan fingerprint density at radius 1 is 1.32 bits per heavy atom. The number of nitrogens with one attached hydrogen (secondary N) is 3. The van der Waals surface area contributed by atoms with Crippen molar-refractivity contribution in [2.45, 2.75) is 19.8 Å². The van der Waals surface area contributed by atoms with Gasteiger partial charge in [0.05, 0.1) is 17.8 Å². The normalized spacial score (nSPS) is 12.0. The lowest BCUT2D eigenvalue weighted by Crippen LogP contribution is -2.10. The van der Waals surface area contributed by atoms with Gasteiger partial charge >= 0.3 is 0 Å². The van der Waals surface area contributed by atoms with E-state index in [1.807, 2.05) is 6.92 Å². The lowest BCUT2D eigenvalue weighted by molar-refractivity contribution is 0.0138. The molecule has 2 aromatic rings. The first-order valence-electron chi connectivity index (χ1n) is 7.33. The molecular formula is C16H17F3N6. The second-order valence-electron chi connectivity index (χ2n) is 5.41. The lowest BCUT2D eigenvalue weighted by Gasteiger charge is -2.13. The average Bonchev–Trinajstić information content (AvgIpc) is 2.57. The van der Waals surface area contributed by atoms with E-state index in [2.05, 4.69) is 25.7 Å². The highest BCUT2D eigenvalue weighted by atomic mass is 19.3. The number of hydrogen-bond acceptors (Lipinski definition) is 6. The second kappa shape index (κ2) is 7.73. The highest BCUT2D eigenvalue weighted by Crippen LogP contribution is 2.31. The Balaban J connectivity index is 2.05. The van der Waals surface area contributed by atoms with Crippen LogP contribution in [0.1, 0.15) is 18.1 Å². The van der Waals surface area contributed by atoms with E-state index in [4.69, 9.17) is 5.53 Å². The largest absolute Gasteiger partial charge is 0.360 e. The van der Waals surface area contributed by atoms with Gasteiger partial charge < -0.3 is 10.6 Å². The number of hydrogen-bond donors (Lipinski definition) is 3. The summed E-state index contributed by atoms with van der Waals surface area (Å²) >= 11 is 0. The summed E-state index contributed by atoms with van der Waals surface area (Å²) in [6.07, 6.45) is 4.64. The van der Waals surface area contributed by atoms with Gasteiger partial charge in [0.1, 0.15) is 5.82 Å². The first-order valence-corrected chi connectivity index (χ1v) is 7.33. The zero-order valence-electron chi connectivity index (χ0n) is 13.6. The zero-order valence-corrected chi connectivity index (χ0v) is 13.6. The first kappa shape index (κ1) is 18.4. The number of benzene rings is 1. The molecular weight excluding hydrogens is 333 g/mol. The molecule has 25 heavy (non-hydrogen) atoms. The quantitative estimate of drug-likeness (QED) is 0.645. The average molecular weight is 350 g/mol. The van der Waals surface area contributed by atoms with Gasteiger partial charge in [-0.1, -0.05) is 0 Å². The van der Waals surface area contributed by atoms with Gasteiger partial charge in [0.25, 0.3) is 5.92 Å². The molecule has 0 saturated heterocycles. The lowest BCUT2D eigenvalue weighted by atomic mass is 10.1.